The SMILES string of the molecule is COC(=O)[C@H]1O[C@@H](O[C@H]2CC[C@]3(C)[C@H]4CC=C5[C@@H]6CC(C)(C)CC[C@H]6C(=O)C[C@@]5(C)[C@]4(C)CC[C@H]3[C@]2(C)C=O)[C@H](O[C@@H]2O[C@H](CO)[C@@H](O)[C@H](O)[C@H]2O)[C@@H](O[C@@H]2OC[C@H](O)[C@H](O)[C@H]2O)[C@@H]1O. The number of ether oxygens (including phenoxy) is 7. The van der Waals surface area contributed by atoms with E-state index in [1.807, 2.05) is 6.92 Å². The predicted molar refractivity (Wildman–Crippen MR) is 224 cm³/mol. The number of Topliss-reactive ketones (excluding diaryl/α,β-unsaturated/α-hetero) is 1. The first kappa shape index (κ1) is 49.4. The summed E-state index contributed by atoms with van der Waals surface area (Å²) < 4.78 is 41.5. The van der Waals surface area contributed by atoms with Crippen molar-refractivity contribution in [1.29, 1.82) is 0 Å². The van der Waals surface area contributed by atoms with Crippen molar-refractivity contribution in [2.45, 2.75) is 191 Å². The van der Waals surface area contributed by atoms with Gasteiger partial charge in [0.1, 0.15) is 73.1 Å². The molecule has 8 aliphatic rings. The van der Waals surface area contributed by atoms with Crippen LogP contribution in [0.5, 0.6) is 0 Å². The van der Waals surface area contributed by atoms with Crippen LogP contribution in [-0.4, -0.2) is 171 Å². The van der Waals surface area contributed by atoms with Crippen LogP contribution < -0.4 is 0 Å². The lowest BCUT2D eigenvalue weighted by Gasteiger charge is -2.70. The van der Waals surface area contributed by atoms with Crippen molar-refractivity contribution < 1.29 is 88.4 Å². The summed E-state index contributed by atoms with van der Waals surface area (Å²) in [7, 11) is 1.07. The molecule has 0 aromatic heterocycles. The molecule has 3 saturated heterocycles. The molecule has 0 aromatic rings. The third-order valence-electron chi connectivity index (χ3n) is 18.3. The number of hydrogen-bond donors (Lipinski definition) is 8. The highest BCUT2D eigenvalue weighted by atomic mass is 16.8. The normalized spacial score (nSPS) is 53.1. The molecule has 7 fully saturated rings. The molecule has 0 radical (unpaired) electrons. The van der Waals surface area contributed by atoms with Crippen molar-refractivity contribution in [3.8, 4) is 0 Å². The number of aliphatic hydroxyl groups is 8. The molecule has 3 heterocycles. The van der Waals surface area contributed by atoms with Crippen LogP contribution in [0, 0.1) is 50.7 Å². The summed E-state index contributed by atoms with van der Waals surface area (Å²) in [5.41, 5.74) is -0.605. The van der Waals surface area contributed by atoms with Gasteiger partial charge in [0.25, 0.3) is 0 Å². The molecule has 65 heavy (non-hydrogen) atoms. The molecule has 368 valence electrons. The van der Waals surface area contributed by atoms with Crippen LogP contribution in [0.3, 0.4) is 0 Å². The summed E-state index contributed by atoms with van der Waals surface area (Å²) in [6.07, 6.45) is -15.8. The number of carbonyl (C=O) groups excluding carboxylic acids is 3. The van der Waals surface area contributed by atoms with Gasteiger partial charge in [0.2, 0.25) is 0 Å². The number of aldehydes is 1. The number of esters is 1. The van der Waals surface area contributed by atoms with Gasteiger partial charge < -0.3 is 78.8 Å². The zero-order chi connectivity index (χ0) is 47.3. The van der Waals surface area contributed by atoms with Crippen molar-refractivity contribution in [2.24, 2.45) is 50.7 Å². The maximum atomic E-state index is 14.1. The Kier molecular flexibility index (Phi) is 13.5. The maximum absolute atomic E-state index is 14.1. The summed E-state index contributed by atoms with van der Waals surface area (Å²) in [6, 6.07) is 0. The van der Waals surface area contributed by atoms with Gasteiger partial charge in [0.15, 0.2) is 25.0 Å². The molecule has 18 nitrogen and oxygen atoms in total. The Labute approximate surface area is 379 Å². The molecule has 8 rings (SSSR count). The molecule has 23 atom stereocenters. The topological polar surface area (TPSA) is 278 Å². The highest BCUT2D eigenvalue weighted by Gasteiger charge is 2.69. The Morgan fingerprint density at radius 1 is 0.769 bits per heavy atom. The Morgan fingerprint density at radius 2 is 1.46 bits per heavy atom. The maximum Gasteiger partial charge on any atom is 0.337 e. The van der Waals surface area contributed by atoms with Gasteiger partial charge in [-0.25, -0.2) is 4.79 Å². The lowest BCUT2D eigenvalue weighted by atomic mass is 9.34. The average Bonchev–Trinajstić information content (AvgIpc) is 3.26. The fourth-order valence-corrected chi connectivity index (χ4v) is 14.4. The second-order valence-corrected chi connectivity index (χ2v) is 22.3. The Balaban J connectivity index is 1.12. The van der Waals surface area contributed by atoms with E-state index in [0.29, 0.717) is 31.5 Å². The van der Waals surface area contributed by atoms with E-state index in [1.165, 1.54) is 5.57 Å². The van der Waals surface area contributed by atoms with Crippen molar-refractivity contribution in [3.63, 3.8) is 0 Å². The van der Waals surface area contributed by atoms with Crippen LogP contribution in [0.15, 0.2) is 11.6 Å². The minimum atomic E-state index is -1.98. The van der Waals surface area contributed by atoms with Gasteiger partial charge in [-0.2, -0.15) is 0 Å². The Morgan fingerprint density at radius 3 is 2.14 bits per heavy atom. The summed E-state index contributed by atoms with van der Waals surface area (Å²) in [5, 5.41) is 85.6. The fraction of sp³-hybridized carbons (Fsp3) is 0.894. The third-order valence-corrected chi connectivity index (χ3v) is 18.3. The third kappa shape index (κ3) is 7.91. The lowest BCUT2D eigenvalue weighted by molar-refractivity contribution is -0.391. The molecule has 18 heteroatoms. The van der Waals surface area contributed by atoms with E-state index in [9.17, 15) is 55.2 Å². The number of rotatable bonds is 9. The molecular weight excluding hydrogens is 852 g/mol. The molecule has 0 bridgehead atoms. The van der Waals surface area contributed by atoms with Crippen LogP contribution in [0.25, 0.3) is 0 Å². The average molecular weight is 925 g/mol. The predicted octanol–water partition coefficient (Wildman–Crippen LogP) is 0.429. The van der Waals surface area contributed by atoms with Crippen molar-refractivity contribution >= 4 is 18.0 Å². The molecular formula is C47H72O18. The highest BCUT2D eigenvalue weighted by Crippen LogP contribution is 2.74. The minimum Gasteiger partial charge on any atom is -0.467 e. The van der Waals surface area contributed by atoms with E-state index in [0.717, 1.165) is 45.5 Å². The number of hydrogen-bond acceptors (Lipinski definition) is 18. The lowest BCUT2D eigenvalue weighted by Crippen LogP contribution is -2.68. The van der Waals surface area contributed by atoms with E-state index < -0.39 is 122 Å². The number of methoxy groups -OCH3 is 1. The minimum absolute atomic E-state index is 0.0560. The molecule has 4 saturated carbocycles. The standard InChI is InChI=1S/C47H72O18/c1-43(2)13-10-21-22(16-43)23-8-9-28-44(3)14-12-29(45(4,20-49)27(44)11-15-46(28,5)47(23,6)17-24(21)50)62-42-38(65-41-34(56)32(54)31(53)26(18-48)61-41)36(35(57)37(64-42)39(58)59-7)63-40-33(55)30(52)25(51)19-60-40/h8,20-22,25-38,40-42,48,51-57H,9-19H2,1-7H3/t21-,22-,25+,26-,27-,28-,29+,30+,31-,32+,33-,34-,35+,36+,37+,38-,40+,41+,42-,44+,45+,46-,47-/m1/s1. The molecule has 0 spiro atoms. The van der Waals surface area contributed by atoms with Gasteiger partial charge in [-0.15, -0.1) is 0 Å². The van der Waals surface area contributed by atoms with E-state index in [4.69, 9.17) is 33.2 Å². The first-order chi connectivity index (χ1) is 30.5. The zero-order valence-corrected chi connectivity index (χ0v) is 38.6. The van der Waals surface area contributed by atoms with Crippen molar-refractivity contribution in [1.82, 2.24) is 0 Å². The van der Waals surface area contributed by atoms with Crippen molar-refractivity contribution in [3.05, 3.63) is 11.6 Å². The first-order valence-electron chi connectivity index (χ1n) is 23.5. The molecule has 8 N–H and O–H groups in total. The summed E-state index contributed by atoms with van der Waals surface area (Å²) in [6.45, 7) is 12.1. The summed E-state index contributed by atoms with van der Waals surface area (Å²) >= 11 is 0. The largest absolute Gasteiger partial charge is 0.467 e. The number of carbonyl (C=O) groups is 3. The number of allylic oxidation sites excluding steroid dienone is 2. The van der Waals surface area contributed by atoms with E-state index in [-0.39, 0.29) is 39.9 Å². The van der Waals surface area contributed by atoms with E-state index in [1.54, 1.807) is 0 Å². The number of aliphatic hydroxyl groups excluding tert-OH is 8. The number of ketones is 1. The first-order valence-corrected chi connectivity index (χ1v) is 23.5. The monoisotopic (exact) mass is 924 g/mol. The smallest absolute Gasteiger partial charge is 0.337 e. The quantitative estimate of drug-likeness (QED) is 0.0674. The van der Waals surface area contributed by atoms with Crippen LogP contribution >= 0.6 is 0 Å². The molecule has 0 aromatic carbocycles. The van der Waals surface area contributed by atoms with Gasteiger partial charge in [-0.3, -0.25) is 4.79 Å². The van der Waals surface area contributed by atoms with E-state index >= 15 is 0 Å². The van der Waals surface area contributed by atoms with Gasteiger partial charge in [-0.05, 0) is 85.4 Å². The molecule has 0 amide bonds. The van der Waals surface area contributed by atoms with Crippen LogP contribution in [0.1, 0.15) is 99.3 Å². The highest BCUT2D eigenvalue weighted by molar-refractivity contribution is 5.85. The molecule has 0 unspecified atom stereocenters. The second-order valence-electron chi connectivity index (χ2n) is 22.3. The Hall–Kier alpha value is -2.01. The number of fused-ring (bicyclic) bond motifs is 7. The zero-order valence-electron chi connectivity index (χ0n) is 38.6. The second kappa shape index (κ2) is 17.7. The fourth-order valence-electron chi connectivity index (χ4n) is 14.4. The van der Waals surface area contributed by atoms with Crippen LogP contribution in [0.4, 0.5) is 0 Å². The van der Waals surface area contributed by atoms with Gasteiger partial charge in [0, 0.05) is 17.8 Å². The summed E-state index contributed by atoms with van der Waals surface area (Å²) in [5.74, 6) is -0.543. The van der Waals surface area contributed by atoms with E-state index in [2.05, 4.69) is 40.7 Å². The molecule has 5 aliphatic carbocycles. The van der Waals surface area contributed by atoms with Crippen LogP contribution in [-0.2, 0) is 47.5 Å². The molecule has 3 aliphatic heterocycles. The summed E-state index contributed by atoms with van der Waals surface area (Å²) in [4.78, 5) is 41.2. The Bertz CT molecular complexity index is 1830. The van der Waals surface area contributed by atoms with Crippen LogP contribution in [0.2, 0.25) is 0 Å². The van der Waals surface area contributed by atoms with Crippen molar-refractivity contribution in [2.75, 3.05) is 20.3 Å². The van der Waals surface area contributed by atoms with Gasteiger partial charge in [-0.1, -0.05) is 53.2 Å². The van der Waals surface area contributed by atoms with Gasteiger partial charge >= 0.3 is 5.97 Å². The van der Waals surface area contributed by atoms with Gasteiger partial charge in [0.05, 0.1) is 31.8 Å².